The summed E-state index contributed by atoms with van der Waals surface area (Å²) in [6.07, 6.45) is 0. The minimum absolute atomic E-state index is 0.00824. The Labute approximate surface area is 149 Å². The number of carbonyl (C=O) groups is 1. The van der Waals surface area contributed by atoms with E-state index < -0.39 is 4.62 Å². The summed E-state index contributed by atoms with van der Waals surface area (Å²) >= 11 is 6.77. The Morgan fingerprint density at radius 2 is 1.12 bits per heavy atom. The first kappa shape index (κ1) is 16.9. The molecule has 0 aromatic heterocycles. The van der Waals surface area contributed by atoms with Crippen molar-refractivity contribution in [2.75, 3.05) is 0 Å². The van der Waals surface area contributed by atoms with Crippen molar-refractivity contribution in [2.24, 2.45) is 0 Å². The summed E-state index contributed by atoms with van der Waals surface area (Å²) in [6.45, 7) is 0. The van der Waals surface area contributed by atoms with Gasteiger partial charge in [0.25, 0.3) is 0 Å². The topological polar surface area (TPSA) is 17.1 Å². The standard InChI is InChI=1S/C21H18ClOP/c22-21(24,18-14-8-3-9-15-18)20(23)19(16-10-4-1-5-11-16)17-12-6-2-7-13-17/h1-15,19H,24H2/p+1. The molecule has 0 saturated heterocycles. The van der Waals surface area contributed by atoms with Gasteiger partial charge in [-0.15, -0.1) is 0 Å². The molecule has 2 atom stereocenters. The number of halogens is 1. The number of ketones is 1. The van der Waals surface area contributed by atoms with E-state index in [4.69, 9.17) is 11.6 Å². The highest BCUT2D eigenvalue weighted by Crippen LogP contribution is 2.43. The maximum Gasteiger partial charge on any atom is 0.228 e. The maximum atomic E-state index is 13.4. The van der Waals surface area contributed by atoms with Crippen LogP contribution in [-0.2, 0) is 9.41 Å². The largest absolute Gasteiger partial charge is 0.292 e. The smallest absolute Gasteiger partial charge is 0.228 e. The van der Waals surface area contributed by atoms with Crippen molar-refractivity contribution in [1.82, 2.24) is 0 Å². The summed E-state index contributed by atoms with van der Waals surface area (Å²) in [6, 6.07) is 29.2. The van der Waals surface area contributed by atoms with Gasteiger partial charge in [0, 0.05) is 14.8 Å². The first-order valence-electron chi connectivity index (χ1n) is 7.84. The highest BCUT2D eigenvalue weighted by Gasteiger charge is 2.43. The molecule has 0 aliphatic heterocycles. The third-order valence-electron chi connectivity index (χ3n) is 4.15. The van der Waals surface area contributed by atoms with Crippen LogP contribution in [0.1, 0.15) is 22.6 Å². The predicted molar refractivity (Wildman–Crippen MR) is 105 cm³/mol. The van der Waals surface area contributed by atoms with Crippen LogP contribution >= 0.6 is 20.8 Å². The SMILES string of the molecule is O=C(C(c1ccccc1)c1ccccc1)C([PH3+])(Cl)c1ccccc1. The minimum atomic E-state index is -1.06. The second kappa shape index (κ2) is 7.30. The first-order valence-corrected chi connectivity index (χ1v) is 8.93. The molecule has 0 N–H and O–H groups in total. The molecular weight excluding hydrogens is 335 g/mol. The average molecular weight is 354 g/mol. The van der Waals surface area contributed by atoms with Gasteiger partial charge in [-0.25, -0.2) is 0 Å². The molecule has 0 aliphatic rings. The molecule has 0 spiro atoms. The second-order valence-corrected chi connectivity index (χ2v) is 7.94. The molecule has 1 nitrogen and oxygen atoms in total. The van der Waals surface area contributed by atoms with Gasteiger partial charge in [0.05, 0.1) is 5.92 Å². The van der Waals surface area contributed by atoms with Crippen LogP contribution in [0.2, 0.25) is 0 Å². The number of alkyl halides is 1. The lowest BCUT2D eigenvalue weighted by Crippen LogP contribution is -2.29. The van der Waals surface area contributed by atoms with Gasteiger partial charge in [-0.05, 0) is 11.1 Å². The molecular formula is C21H19ClOP+. The van der Waals surface area contributed by atoms with Crippen molar-refractivity contribution in [3.63, 3.8) is 0 Å². The monoisotopic (exact) mass is 353 g/mol. The van der Waals surface area contributed by atoms with E-state index in [1.54, 1.807) is 0 Å². The van der Waals surface area contributed by atoms with Gasteiger partial charge < -0.3 is 0 Å². The van der Waals surface area contributed by atoms with E-state index in [1.807, 2.05) is 91.0 Å². The fraction of sp³-hybridized carbons (Fsp3) is 0.0952. The quantitative estimate of drug-likeness (QED) is 0.461. The molecule has 0 radical (unpaired) electrons. The number of benzene rings is 3. The van der Waals surface area contributed by atoms with Gasteiger partial charge in [0.15, 0.2) is 0 Å². The van der Waals surface area contributed by atoms with Gasteiger partial charge in [-0.1, -0.05) is 103 Å². The number of rotatable bonds is 5. The van der Waals surface area contributed by atoms with Gasteiger partial charge in [-0.3, -0.25) is 4.79 Å². The van der Waals surface area contributed by atoms with Crippen molar-refractivity contribution in [3.05, 3.63) is 108 Å². The Hall–Kier alpha value is -1.95. The van der Waals surface area contributed by atoms with Crippen LogP contribution in [0.5, 0.6) is 0 Å². The fourth-order valence-electron chi connectivity index (χ4n) is 2.86. The Morgan fingerprint density at radius 3 is 1.54 bits per heavy atom. The highest BCUT2D eigenvalue weighted by molar-refractivity contribution is 7.24. The van der Waals surface area contributed by atoms with Gasteiger partial charge in [0.2, 0.25) is 10.4 Å². The summed E-state index contributed by atoms with van der Waals surface area (Å²) in [7, 11) is 1.53. The number of hydrogen-bond donors (Lipinski definition) is 0. The molecule has 0 heterocycles. The summed E-state index contributed by atoms with van der Waals surface area (Å²) in [4.78, 5) is 13.4. The molecule has 0 saturated carbocycles. The van der Waals surface area contributed by atoms with E-state index >= 15 is 0 Å². The molecule has 3 heteroatoms. The zero-order valence-corrected chi connectivity index (χ0v) is 15.4. The summed E-state index contributed by atoms with van der Waals surface area (Å²) in [5.74, 6) is -0.395. The highest BCUT2D eigenvalue weighted by atomic mass is 35.5. The lowest BCUT2D eigenvalue weighted by atomic mass is 9.85. The van der Waals surface area contributed by atoms with E-state index in [1.165, 1.54) is 9.24 Å². The molecule has 0 aliphatic carbocycles. The van der Waals surface area contributed by atoms with Gasteiger partial charge in [0.1, 0.15) is 0 Å². The minimum Gasteiger partial charge on any atom is -0.292 e. The van der Waals surface area contributed by atoms with Crippen molar-refractivity contribution >= 4 is 26.6 Å². The van der Waals surface area contributed by atoms with Crippen molar-refractivity contribution in [3.8, 4) is 0 Å². The molecule has 120 valence electrons. The maximum absolute atomic E-state index is 13.4. The second-order valence-electron chi connectivity index (χ2n) is 5.79. The fourth-order valence-corrected chi connectivity index (χ4v) is 3.53. The molecule has 3 aromatic carbocycles. The molecule has 2 unspecified atom stereocenters. The summed E-state index contributed by atoms with van der Waals surface area (Å²) in [5, 5.41) is 0. The van der Waals surface area contributed by atoms with Crippen LogP contribution in [0.15, 0.2) is 91.0 Å². The van der Waals surface area contributed by atoms with E-state index in [0.29, 0.717) is 0 Å². The molecule has 0 amide bonds. The zero-order valence-electron chi connectivity index (χ0n) is 13.2. The Bertz CT molecular complexity index is 762. The van der Waals surface area contributed by atoms with E-state index in [2.05, 4.69) is 0 Å². The van der Waals surface area contributed by atoms with Gasteiger partial charge in [-0.2, -0.15) is 0 Å². The van der Waals surface area contributed by atoms with Crippen LogP contribution in [0, 0.1) is 0 Å². The Morgan fingerprint density at radius 1 is 0.750 bits per heavy atom. The molecule has 24 heavy (non-hydrogen) atoms. The number of hydrogen-bond acceptors (Lipinski definition) is 1. The van der Waals surface area contributed by atoms with Crippen LogP contribution < -0.4 is 0 Å². The average Bonchev–Trinajstić information content (AvgIpc) is 2.64. The van der Waals surface area contributed by atoms with Crippen LogP contribution in [0.25, 0.3) is 0 Å². The van der Waals surface area contributed by atoms with E-state index in [9.17, 15) is 4.79 Å². The van der Waals surface area contributed by atoms with E-state index in [-0.39, 0.29) is 11.7 Å². The van der Waals surface area contributed by atoms with Crippen molar-refractivity contribution in [2.45, 2.75) is 10.5 Å². The van der Waals surface area contributed by atoms with E-state index in [0.717, 1.165) is 16.7 Å². The first-order chi connectivity index (χ1) is 11.6. The molecule has 0 bridgehead atoms. The third-order valence-corrected chi connectivity index (χ3v) is 5.31. The van der Waals surface area contributed by atoms with Crippen molar-refractivity contribution in [1.29, 1.82) is 0 Å². The Kier molecular flexibility index (Phi) is 5.14. The third kappa shape index (κ3) is 3.43. The van der Waals surface area contributed by atoms with Crippen LogP contribution in [0.4, 0.5) is 0 Å². The molecule has 3 rings (SSSR count). The Balaban J connectivity index is 2.08. The molecule has 3 aromatic rings. The van der Waals surface area contributed by atoms with Crippen LogP contribution in [-0.4, -0.2) is 5.78 Å². The normalized spacial score (nSPS) is 13.6. The van der Waals surface area contributed by atoms with Crippen molar-refractivity contribution < 1.29 is 4.79 Å². The summed E-state index contributed by atoms with van der Waals surface area (Å²) in [5.41, 5.74) is 2.74. The predicted octanol–water partition coefficient (Wildman–Crippen LogP) is 5.09. The van der Waals surface area contributed by atoms with Crippen LogP contribution in [0.3, 0.4) is 0 Å². The van der Waals surface area contributed by atoms with Gasteiger partial charge >= 0.3 is 0 Å². The number of carbonyl (C=O) groups excluding carboxylic acids is 1. The number of Topliss-reactive ketones (excluding diaryl/α,β-unsaturated/α-hetero) is 1. The summed E-state index contributed by atoms with van der Waals surface area (Å²) < 4.78 is -1.06. The lowest BCUT2D eigenvalue weighted by molar-refractivity contribution is -0.120. The molecule has 0 fully saturated rings. The zero-order chi connectivity index (χ0) is 17.0. The lowest BCUT2D eigenvalue weighted by Gasteiger charge is -2.24.